The Morgan fingerprint density at radius 2 is 1.89 bits per heavy atom. The average molecular weight is 382 g/mol. The van der Waals surface area contributed by atoms with Crippen LogP contribution in [0.1, 0.15) is 32.4 Å². The first-order chi connectivity index (χ1) is 12.9. The second kappa shape index (κ2) is 8.22. The minimum Gasteiger partial charge on any atom is -0.491 e. The first-order valence-electron chi connectivity index (χ1n) is 8.85. The third-order valence-corrected chi connectivity index (χ3v) is 4.33. The van der Waals surface area contributed by atoms with Crippen LogP contribution in [0, 0.1) is 0 Å². The number of ether oxygens (including phenoxy) is 1. The number of amides is 1. The molecular formula is C21H23N3O2S. The molecule has 1 amide bonds. The quantitative estimate of drug-likeness (QED) is 0.686. The van der Waals surface area contributed by atoms with Gasteiger partial charge in [0.05, 0.1) is 17.7 Å². The van der Waals surface area contributed by atoms with Crippen LogP contribution in [0.3, 0.4) is 0 Å². The molecule has 0 unspecified atom stereocenters. The van der Waals surface area contributed by atoms with E-state index in [1.165, 1.54) is 0 Å². The lowest BCUT2D eigenvalue weighted by atomic mass is 9.94. The molecular weight excluding hydrogens is 358 g/mol. The maximum absolute atomic E-state index is 13.0. The van der Waals surface area contributed by atoms with Crippen LogP contribution in [0.15, 0.2) is 65.9 Å². The minimum absolute atomic E-state index is 0.0698. The van der Waals surface area contributed by atoms with Gasteiger partial charge in [-0.3, -0.25) is 4.79 Å². The Labute approximate surface area is 164 Å². The molecule has 6 heteroatoms. The predicted molar refractivity (Wildman–Crippen MR) is 112 cm³/mol. The van der Waals surface area contributed by atoms with Crippen LogP contribution in [0.2, 0.25) is 0 Å². The highest BCUT2D eigenvalue weighted by Gasteiger charge is 2.30. The summed E-state index contributed by atoms with van der Waals surface area (Å²) in [5.74, 6) is 0.579. The number of allylic oxidation sites excluding steroid dienone is 1. The van der Waals surface area contributed by atoms with E-state index in [1.54, 1.807) is 0 Å². The molecule has 0 fully saturated rings. The Kier molecular flexibility index (Phi) is 5.76. The molecule has 0 aromatic heterocycles. The predicted octanol–water partition coefficient (Wildman–Crippen LogP) is 3.91. The van der Waals surface area contributed by atoms with Gasteiger partial charge in [-0.1, -0.05) is 30.3 Å². The molecule has 1 aliphatic rings. The van der Waals surface area contributed by atoms with E-state index in [4.69, 9.17) is 17.0 Å². The van der Waals surface area contributed by atoms with Crippen LogP contribution in [0.4, 0.5) is 5.69 Å². The van der Waals surface area contributed by atoms with E-state index in [0.717, 1.165) is 22.7 Å². The van der Waals surface area contributed by atoms with E-state index in [2.05, 4.69) is 16.0 Å². The smallest absolute Gasteiger partial charge is 0.255 e. The summed E-state index contributed by atoms with van der Waals surface area (Å²) in [4.78, 5) is 13.0. The molecule has 5 nitrogen and oxygen atoms in total. The topological polar surface area (TPSA) is 62.4 Å². The zero-order valence-corrected chi connectivity index (χ0v) is 16.4. The van der Waals surface area contributed by atoms with Gasteiger partial charge in [-0.05, 0) is 62.8 Å². The highest BCUT2D eigenvalue weighted by molar-refractivity contribution is 7.80. The number of anilines is 1. The van der Waals surface area contributed by atoms with Gasteiger partial charge in [-0.15, -0.1) is 0 Å². The summed E-state index contributed by atoms with van der Waals surface area (Å²) in [6.45, 7) is 5.81. The number of para-hydroxylation sites is 1. The van der Waals surface area contributed by atoms with E-state index in [0.29, 0.717) is 10.7 Å². The lowest BCUT2D eigenvalue weighted by Gasteiger charge is -2.30. The van der Waals surface area contributed by atoms with Crippen molar-refractivity contribution >= 4 is 28.9 Å². The number of hydrogen-bond acceptors (Lipinski definition) is 3. The van der Waals surface area contributed by atoms with E-state index in [1.807, 2.05) is 75.4 Å². The molecule has 0 aliphatic carbocycles. The summed E-state index contributed by atoms with van der Waals surface area (Å²) in [7, 11) is 0. The Morgan fingerprint density at radius 3 is 2.59 bits per heavy atom. The Hall–Kier alpha value is -2.86. The van der Waals surface area contributed by atoms with Gasteiger partial charge in [-0.2, -0.15) is 0 Å². The second-order valence-electron chi connectivity index (χ2n) is 6.63. The maximum Gasteiger partial charge on any atom is 0.255 e. The van der Waals surface area contributed by atoms with Crippen molar-refractivity contribution in [2.75, 3.05) is 5.32 Å². The Balaban J connectivity index is 1.93. The van der Waals surface area contributed by atoms with Crippen molar-refractivity contribution in [1.29, 1.82) is 0 Å². The van der Waals surface area contributed by atoms with Gasteiger partial charge in [-0.25, -0.2) is 0 Å². The fourth-order valence-electron chi connectivity index (χ4n) is 3.00. The highest BCUT2D eigenvalue weighted by Crippen LogP contribution is 2.30. The first kappa shape index (κ1) is 18.9. The number of nitrogens with one attached hydrogen (secondary N) is 3. The lowest BCUT2D eigenvalue weighted by molar-refractivity contribution is -0.113. The zero-order valence-electron chi connectivity index (χ0n) is 15.6. The molecule has 0 spiro atoms. The minimum atomic E-state index is -0.363. The SMILES string of the molecule is CC1=C(C(=O)Nc2ccccc2)[C@@H](c2cccc(OC(C)C)c2)NC(=S)N1. The highest BCUT2D eigenvalue weighted by atomic mass is 32.1. The van der Waals surface area contributed by atoms with Gasteiger partial charge < -0.3 is 20.7 Å². The van der Waals surface area contributed by atoms with Crippen LogP contribution < -0.4 is 20.7 Å². The lowest BCUT2D eigenvalue weighted by Crippen LogP contribution is -2.45. The van der Waals surface area contributed by atoms with Crippen LogP contribution >= 0.6 is 12.2 Å². The number of rotatable bonds is 5. The Morgan fingerprint density at radius 1 is 1.15 bits per heavy atom. The Bertz CT molecular complexity index is 878. The van der Waals surface area contributed by atoms with E-state index >= 15 is 0 Å². The van der Waals surface area contributed by atoms with Crippen molar-refractivity contribution in [1.82, 2.24) is 10.6 Å². The molecule has 2 aromatic carbocycles. The molecule has 0 radical (unpaired) electrons. The molecule has 2 aromatic rings. The second-order valence-corrected chi connectivity index (χ2v) is 7.04. The van der Waals surface area contributed by atoms with Crippen molar-refractivity contribution in [3.05, 3.63) is 71.4 Å². The normalized spacial score (nSPS) is 16.6. The summed E-state index contributed by atoms with van der Waals surface area (Å²) in [6.07, 6.45) is 0.0698. The van der Waals surface area contributed by atoms with Gasteiger partial charge >= 0.3 is 0 Å². The molecule has 3 rings (SSSR count). The van der Waals surface area contributed by atoms with Crippen molar-refractivity contribution in [2.45, 2.75) is 32.9 Å². The van der Waals surface area contributed by atoms with Crippen LogP contribution in [-0.2, 0) is 4.79 Å². The zero-order chi connectivity index (χ0) is 19.4. The van der Waals surface area contributed by atoms with Crippen LogP contribution in [-0.4, -0.2) is 17.1 Å². The summed E-state index contributed by atoms with van der Waals surface area (Å²) < 4.78 is 5.80. The molecule has 1 heterocycles. The molecule has 3 N–H and O–H groups in total. The van der Waals surface area contributed by atoms with Gasteiger partial charge in [0.1, 0.15) is 5.75 Å². The fraction of sp³-hybridized carbons (Fsp3) is 0.238. The third-order valence-electron chi connectivity index (χ3n) is 4.11. The number of benzene rings is 2. The standard InChI is InChI=1S/C21H23N3O2S/c1-13(2)26-17-11-7-8-15(12-17)19-18(14(3)22-21(27)24-19)20(25)23-16-9-5-4-6-10-16/h4-13,19H,1-3H3,(H,23,25)(H2,22,24,27)/t19-/m1/s1. The third kappa shape index (κ3) is 4.65. The maximum atomic E-state index is 13.0. The molecule has 0 saturated heterocycles. The van der Waals surface area contributed by atoms with Crippen molar-refractivity contribution in [3.8, 4) is 5.75 Å². The van der Waals surface area contributed by atoms with E-state index in [9.17, 15) is 4.79 Å². The van der Waals surface area contributed by atoms with Crippen LogP contribution in [0.25, 0.3) is 0 Å². The monoisotopic (exact) mass is 381 g/mol. The van der Waals surface area contributed by atoms with Gasteiger partial charge in [0.25, 0.3) is 5.91 Å². The molecule has 140 valence electrons. The van der Waals surface area contributed by atoms with E-state index < -0.39 is 0 Å². The largest absolute Gasteiger partial charge is 0.491 e. The molecule has 1 atom stereocenters. The van der Waals surface area contributed by atoms with E-state index in [-0.39, 0.29) is 18.1 Å². The number of hydrogen-bond donors (Lipinski definition) is 3. The molecule has 1 aliphatic heterocycles. The van der Waals surface area contributed by atoms with Gasteiger partial charge in [0, 0.05) is 11.4 Å². The summed E-state index contributed by atoms with van der Waals surface area (Å²) >= 11 is 5.31. The van der Waals surface area contributed by atoms with Gasteiger partial charge in [0.2, 0.25) is 0 Å². The molecule has 27 heavy (non-hydrogen) atoms. The number of carbonyl (C=O) groups is 1. The van der Waals surface area contributed by atoms with Crippen molar-refractivity contribution in [2.24, 2.45) is 0 Å². The van der Waals surface area contributed by atoms with Gasteiger partial charge in [0.15, 0.2) is 5.11 Å². The first-order valence-corrected chi connectivity index (χ1v) is 9.26. The van der Waals surface area contributed by atoms with Crippen molar-refractivity contribution in [3.63, 3.8) is 0 Å². The molecule has 0 bridgehead atoms. The fourth-order valence-corrected chi connectivity index (χ4v) is 3.28. The number of carbonyl (C=O) groups excluding carboxylic acids is 1. The van der Waals surface area contributed by atoms with Crippen LogP contribution in [0.5, 0.6) is 5.75 Å². The average Bonchev–Trinajstić information content (AvgIpc) is 2.61. The van der Waals surface area contributed by atoms with Crippen molar-refractivity contribution < 1.29 is 9.53 Å². The number of thiocarbonyl (C=S) groups is 1. The summed E-state index contributed by atoms with van der Waals surface area (Å²) in [5.41, 5.74) is 2.97. The summed E-state index contributed by atoms with van der Waals surface area (Å²) in [6, 6.07) is 16.7. The summed E-state index contributed by atoms with van der Waals surface area (Å²) in [5, 5.41) is 9.70. The molecule has 0 saturated carbocycles.